The van der Waals surface area contributed by atoms with Crippen LogP contribution in [0, 0.1) is 6.92 Å². The summed E-state index contributed by atoms with van der Waals surface area (Å²) in [7, 11) is 0. The normalized spacial score (nSPS) is 13.7. The van der Waals surface area contributed by atoms with Gasteiger partial charge in [0.05, 0.1) is 17.5 Å². The van der Waals surface area contributed by atoms with Crippen molar-refractivity contribution < 1.29 is 13.2 Å². The first-order chi connectivity index (χ1) is 12.4. The van der Waals surface area contributed by atoms with Gasteiger partial charge in [-0.05, 0) is 49.6 Å². The fraction of sp³-hybridized carbons (Fsp3) is 0.278. The average molecular weight is 359 g/mol. The molecule has 1 N–H and O–H groups in total. The van der Waals surface area contributed by atoms with E-state index in [4.69, 9.17) is 0 Å². The van der Waals surface area contributed by atoms with Crippen molar-refractivity contribution in [1.29, 1.82) is 0 Å². The van der Waals surface area contributed by atoms with Gasteiger partial charge < -0.3 is 5.32 Å². The number of pyridine rings is 2. The predicted molar refractivity (Wildman–Crippen MR) is 91.0 cm³/mol. The topological polar surface area (TPSA) is 55.6 Å². The van der Waals surface area contributed by atoms with E-state index in [1.807, 2.05) is 17.7 Å². The molecule has 0 atom stereocenters. The summed E-state index contributed by atoms with van der Waals surface area (Å²) < 4.78 is 40.6. The molecular weight excluding hydrogens is 343 g/mol. The lowest BCUT2D eigenvalue weighted by Crippen LogP contribution is -2.06. The van der Waals surface area contributed by atoms with Crippen LogP contribution in [0.25, 0.3) is 11.3 Å². The van der Waals surface area contributed by atoms with Gasteiger partial charge in [0.1, 0.15) is 11.6 Å². The minimum atomic E-state index is -4.41. The van der Waals surface area contributed by atoms with Gasteiger partial charge >= 0.3 is 6.18 Å². The Kier molecular flexibility index (Phi) is 3.90. The molecule has 0 spiro atoms. The van der Waals surface area contributed by atoms with Crippen LogP contribution in [0.5, 0.6) is 0 Å². The van der Waals surface area contributed by atoms with E-state index >= 15 is 0 Å². The Morgan fingerprint density at radius 3 is 2.81 bits per heavy atom. The Morgan fingerprint density at radius 2 is 2.00 bits per heavy atom. The van der Waals surface area contributed by atoms with Gasteiger partial charge in [0, 0.05) is 24.0 Å². The first kappa shape index (κ1) is 16.6. The largest absolute Gasteiger partial charge is 0.416 e. The molecule has 4 heterocycles. The molecule has 5 nitrogen and oxygen atoms in total. The lowest BCUT2D eigenvalue weighted by atomic mass is 10.1. The summed E-state index contributed by atoms with van der Waals surface area (Å²) in [6.07, 6.45) is 0.516. The maximum absolute atomic E-state index is 12.9. The summed E-state index contributed by atoms with van der Waals surface area (Å²) >= 11 is 0. The molecule has 0 amide bonds. The first-order valence-electron chi connectivity index (χ1n) is 8.24. The van der Waals surface area contributed by atoms with Gasteiger partial charge in [0.25, 0.3) is 0 Å². The van der Waals surface area contributed by atoms with Crippen molar-refractivity contribution in [3.8, 4) is 11.3 Å². The minimum absolute atomic E-state index is 0.101. The molecule has 0 saturated heterocycles. The van der Waals surface area contributed by atoms with Crippen molar-refractivity contribution in [2.45, 2.75) is 32.5 Å². The van der Waals surface area contributed by atoms with E-state index in [-0.39, 0.29) is 5.82 Å². The Bertz CT molecular complexity index is 962. The fourth-order valence-electron chi connectivity index (χ4n) is 3.15. The second-order valence-corrected chi connectivity index (χ2v) is 6.30. The highest BCUT2D eigenvalue weighted by atomic mass is 19.4. The molecular formula is C18H16F3N5. The zero-order valence-electron chi connectivity index (χ0n) is 14.0. The molecule has 3 aromatic rings. The van der Waals surface area contributed by atoms with Gasteiger partial charge in [-0.3, -0.25) is 4.68 Å². The monoisotopic (exact) mass is 359 g/mol. The molecule has 8 heteroatoms. The number of hydrogen-bond donors (Lipinski definition) is 1. The minimum Gasteiger partial charge on any atom is -0.325 e. The van der Waals surface area contributed by atoms with E-state index in [0.717, 1.165) is 60.2 Å². The molecule has 0 bridgehead atoms. The lowest BCUT2D eigenvalue weighted by Gasteiger charge is -2.11. The second-order valence-electron chi connectivity index (χ2n) is 6.30. The number of fused-ring (bicyclic) bond motifs is 1. The molecule has 0 unspecified atom stereocenters. The summed E-state index contributed by atoms with van der Waals surface area (Å²) in [5.74, 6) is 0.550. The van der Waals surface area contributed by atoms with E-state index < -0.39 is 11.7 Å². The molecule has 0 radical (unpaired) electrons. The van der Waals surface area contributed by atoms with Crippen LogP contribution in [0.3, 0.4) is 0 Å². The van der Waals surface area contributed by atoms with Crippen molar-refractivity contribution in [1.82, 2.24) is 19.7 Å². The second kappa shape index (κ2) is 6.12. The quantitative estimate of drug-likeness (QED) is 0.755. The van der Waals surface area contributed by atoms with E-state index in [1.54, 1.807) is 12.3 Å². The Labute approximate surface area is 147 Å². The molecule has 1 aliphatic heterocycles. The van der Waals surface area contributed by atoms with Crippen LogP contribution in [-0.4, -0.2) is 19.7 Å². The number of rotatable bonds is 3. The lowest BCUT2D eigenvalue weighted by molar-refractivity contribution is -0.137. The summed E-state index contributed by atoms with van der Waals surface area (Å²) in [4.78, 5) is 8.52. The van der Waals surface area contributed by atoms with Crippen molar-refractivity contribution in [2.75, 3.05) is 5.32 Å². The highest BCUT2D eigenvalue weighted by Gasteiger charge is 2.30. The highest BCUT2D eigenvalue weighted by Crippen LogP contribution is 2.31. The van der Waals surface area contributed by atoms with Gasteiger partial charge in [-0.1, -0.05) is 0 Å². The van der Waals surface area contributed by atoms with Crippen LogP contribution in [-0.2, 0) is 19.1 Å². The van der Waals surface area contributed by atoms with Crippen LogP contribution in [0.1, 0.15) is 23.2 Å². The Hall–Kier alpha value is -2.90. The van der Waals surface area contributed by atoms with E-state index in [2.05, 4.69) is 20.4 Å². The Balaban J connectivity index is 1.67. The van der Waals surface area contributed by atoms with Gasteiger partial charge in [-0.25, -0.2) is 9.97 Å². The number of nitrogens with one attached hydrogen (secondary N) is 1. The number of hydrogen-bond acceptors (Lipinski definition) is 4. The molecule has 1 aliphatic rings. The van der Waals surface area contributed by atoms with Crippen molar-refractivity contribution in [2.24, 2.45) is 0 Å². The number of nitrogens with zero attached hydrogens (tertiary/aromatic N) is 4. The van der Waals surface area contributed by atoms with E-state index in [0.29, 0.717) is 5.82 Å². The Morgan fingerprint density at radius 1 is 1.15 bits per heavy atom. The van der Waals surface area contributed by atoms with Crippen LogP contribution < -0.4 is 5.32 Å². The first-order valence-corrected chi connectivity index (χ1v) is 8.24. The van der Waals surface area contributed by atoms with Gasteiger partial charge in [0.15, 0.2) is 0 Å². The number of aryl methyl sites for hydroxylation is 2. The zero-order chi connectivity index (χ0) is 18.3. The number of alkyl halides is 3. The number of aromatic nitrogens is 4. The smallest absolute Gasteiger partial charge is 0.325 e. The van der Waals surface area contributed by atoms with E-state index in [1.165, 1.54) is 0 Å². The average Bonchev–Trinajstić information content (AvgIpc) is 3.16. The molecule has 4 rings (SSSR count). The summed E-state index contributed by atoms with van der Waals surface area (Å²) in [6, 6.07) is 5.63. The highest BCUT2D eigenvalue weighted by molar-refractivity contribution is 5.66. The molecule has 0 aliphatic carbocycles. The molecule has 0 aromatic carbocycles. The zero-order valence-corrected chi connectivity index (χ0v) is 14.0. The SMILES string of the molecule is Cc1cc(Nc2cc(C(F)(F)F)ccn2)nc(-c2cnn3c2CCC3)c1. The van der Waals surface area contributed by atoms with Gasteiger partial charge in [0.2, 0.25) is 0 Å². The summed E-state index contributed by atoms with van der Waals surface area (Å²) in [6.45, 7) is 2.82. The maximum atomic E-state index is 12.9. The predicted octanol–water partition coefficient (Wildman–Crippen LogP) is 4.36. The number of anilines is 2. The third-order valence-corrected chi connectivity index (χ3v) is 4.32. The van der Waals surface area contributed by atoms with E-state index in [9.17, 15) is 13.2 Å². The molecule has 134 valence electrons. The molecule has 3 aromatic heterocycles. The third kappa shape index (κ3) is 3.14. The van der Waals surface area contributed by atoms with Crippen LogP contribution in [0.4, 0.5) is 24.8 Å². The van der Waals surface area contributed by atoms with Crippen LogP contribution in [0.2, 0.25) is 0 Å². The molecule has 0 fully saturated rings. The van der Waals surface area contributed by atoms with Crippen molar-refractivity contribution >= 4 is 11.6 Å². The van der Waals surface area contributed by atoms with Crippen molar-refractivity contribution in [3.63, 3.8) is 0 Å². The molecule has 0 saturated carbocycles. The maximum Gasteiger partial charge on any atom is 0.416 e. The summed E-state index contributed by atoms with van der Waals surface area (Å²) in [5, 5.41) is 7.25. The fourth-order valence-corrected chi connectivity index (χ4v) is 3.15. The third-order valence-electron chi connectivity index (χ3n) is 4.32. The van der Waals surface area contributed by atoms with Crippen LogP contribution in [0.15, 0.2) is 36.7 Å². The van der Waals surface area contributed by atoms with Crippen molar-refractivity contribution in [3.05, 3.63) is 53.5 Å². The molecule has 26 heavy (non-hydrogen) atoms. The van der Waals surface area contributed by atoms with Gasteiger partial charge in [-0.2, -0.15) is 18.3 Å². The van der Waals surface area contributed by atoms with Crippen LogP contribution >= 0.6 is 0 Å². The standard InChI is InChI=1S/C18H16F3N5/c1-11-7-14(13-10-23-26-6-2-3-15(13)26)24-17(8-11)25-16-9-12(4-5-22-16)18(19,20)21/h4-5,7-10H,2-3,6H2,1H3,(H,22,24,25). The van der Waals surface area contributed by atoms with Gasteiger partial charge in [-0.15, -0.1) is 0 Å². The summed E-state index contributed by atoms with van der Waals surface area (Å²) in [5.41, 5.74) is 3.06. The number of halogens is 3.